The highest BCUT2D eigenvalue weighted by Gasteiger charge is 2.35. The maximum atomic E-state index is 13.9. The second-order valence-electron chi connectivity index (χ2n) is 8.05. The van der Waals surface area contributed by atoms with Gasteiger partial charge in [0.05, 0.1) is 21.2 Å². The lowest BCUT2D eigenvalue weighted by atomic mass is 9.98. The lowest BCUT2D eigenvalue weighted by Gasteiger charge is -2.22. The number of hydrogen-bond donors (Lipinski definition) is 4. The second kappa shape index (κ2) is 9.43. The summed E-state index contributed by atoms with van der Waals surface area (Å²) < 4.78 is 67.4. The van der Waals surface area contributed by atoms with Crippen LogP contribution in [0, 0.1) is 5.92 Å². The molecule has 2 aromatic carbocycles. The van der Waals surface area contributed by atoms with Gasteiger partial charge in [-0.15, -0.1) is 5.10 Å². The summed E-state index contributed by atoms with van der Waals surface area (Å²) in [5, 5.41) is 11.7. The summed E-state index contributed by atoms with van der Waals surface area (Å²) in [7, 11) is -3.57. The molecule has 0 aliphatic carbocycles. The number of aromatic amines is 1. The van der Waals surface area contributed by atoms with Crippen molar-refractivity contribution in [1.82, 2.24) is 20.5 Å². The summed E-state index contributed by atoms with van der Waals surface area (Å²) in [5.41, 5.74) is 4.35. The molecule has 1 fully saturated rings. The Morgan fingerprint density at radius 1 is 1.15 bits per heavy atom. The fraction of sp³-hybridized carbons (Fsp3) is 0.333. The van der Waals surface area contributed by atoms with Crippen molar-refractivity contribution in [2.45, 2.75) is 23.9 Å². The van der Waals surface area contributed by atoms with E-state index in [1.54, 1.807) is 0 Å². The van der Waals surface area contributed by atoms with Crippen LogP contribution in [0.2, 0.25) is 5.02 Å². The van der Waals surface area contributed by atoms with E-state index in [1.165, 1.54) is 30.3 Å². The summed E-state index contributed by atoms with van der Waals surface area (Å²) >= 11 is 6.27. The third-order valence-electron chi connectivity index (χ3n) is 5.57. The minimum atomic E-state index is -4.73. The largest absolute Gasteiger partial charge is 0.417 e. The van der Waals surface area contributed by atoms with Gasteiger partial charge in [-0.3, -0.25) is 0 Å². The van der Waals surface area contributed by atoms with Crippen LogP contribution in [0.4, 0.5) is 30.8 Å². The van der Waals surface area contributed by atoms with Crippen molar-refractivity contribution in [2.24, 2.45) is 5.92 Å². The van der Waals surface area contributed by atoms with Gasteiger partial charge in [-0.05, 0) is 61.7 Å². The SMILES string of the molecule is Nc1nc(Nc2cc(Cl)c(-c3ccc(S(=O)(=O)CC4CCNCC4)cc3)c(C(F)(F)F)c2)n[nH]1. The number of rotatable bonds is 6. The Kier molecular flexibility index (Phi) is 6.74. The van der Waals surface area contributed by atoms with Crippen molar-refractivity contribution in [1.29, 1.82) is 0 Å². The van der Waals surface area contributed by atoms with E-state index in [1.807, 2.05) is 0 Å². The van der Waals surface area contributed by atoms with Crippen molar-refractivity contribution in [3.8, 4) is 11.1 Å². The van der Waals surface area contributed by atoms with Crippen LogP contribution >= 0.6 is 11.6 Å². The van der Waals surface area contributed by atoms with Gasteiger partial charge in [-0.1, -0.05) is 23.7 Å². The lowest BCUT2D eigenvalue weighted by molar-refractivity contribution is -0.137. The van der Waals surface area contributed by atoms with Crippen LogP contribution in [-0.4, -0.2) is 42.4 Å². The molecule has 0 amide bonds. The number of aromatic nitrogens is 3. The first-order valence-corrected chi connectivity index (χ1v) is 12.5. The first-order valence-electron chi connectivity index (χ1n) is 10.4. The molecule has 0 radical (unpaired) electrons. The van der Waals surface area contributed by atoms with Gasteiger partial charge in [0, 0.05) is 11.3 Å². The van der Waals surface area contributed by atoms with Crippen LogP contribution in [0.15, 0.2) is 41.3 Å². The van der Waals surface area contributed by atoms with Crippen LogP contribution < -0.4 is 16.4 Å². The molecule has 0 saturated carbocycles. The summed E-state index contributed by atoms with van der Waals surface area (Å²) in [6.07, 6.45) is -3.19. The van der Waals surface area contributed by atoms with Crippen LogP contribution in [0.1, 0.15) is 18.4 Å². The minimum absolute atomic E-state index is 0.00328. The van der Waals surface area contributed by atoms with Gasteiger partial charge in [0.1, 0.15) is 0 Å². The summed E-state index contributed by atoms with van der Waals surface area (Å²) in [6.45, 7) is 1.54. The predicted molar refractivity (Wildman–Crippen MR) is 124 cm³/mol. The molecule has 0 spiro atoms. The molecule has 1 saturated heterocycles. The first-order chi connectivity index (χ1) is 16.0. The number of nitrogen functional groups attached to an aromatic ring is 1. The standard InChI is InChI=1S/C21H22ClF3N6O2S/c22-17-10-14(28-20-29-19(26)30-31-20)9-16(21(23,24)25)18(17)13-1-3-15(4-2-13)34(32,33)11-12-5-7-27-8-6-12/h1-4,9-10,12,27H,5-8,11H2,(H4,26,28,29,30,31). The van der Waals surface area contributed by atoms with Gasteiger partial charge in [0.15, 0.2) is 9.84 Å². The van der Waals surface area contributed by atoms with E-state index >= 15 is 0 Å². The van der Waals surface area contributed by atoms with E-state index < -0.39 is 21.6 Å². The Morgan fingerprint density at radius 2 is 1.82 bits per heavy atom. The quantitative estimate of drug-likeness (QED) is 0.387. The Bertz CT molecular complexity index is 1270. The molecule has 3 aromatic rings. The number of alkyl halides is 3. The zero-order valence-electron chi connectivity index (χ0n) is 17.8. The van der Waals surface area contributed by atoms with Gasteiger partial charge in [0.2, 0.25) is 11.9 Å². The molecule has 1 aliphatic heterocycles. The highest BCUT2D eigenvalue weighted by Crippen LogP contribution is 2.43. The Balaban J connectivity index is 1.65. The van der Waals surface area contributed by atoms with E-state index in [2.05, 4.69) is 25.8 Å². The molecule has 0 bridgehead atoms. The van der Waals surface area contributed by atoms with Crippen molar-refractivity contribution < 1.29 is 21.6 Å². The van der Waals surface area contributed by atoms with E-state index in [0.29, 0.717) is 0 Å². The molecule has 4 rings (SSSR count). The van der Waals surface area contributed by atoms with Gasteiger partial charge >= 0.3 is 6.18 Å². The number of halogens is 4. The number of nitrogens with one attached hydrogen (secondary N) is 3. The highest BCUT2D eigenvalue weighted by molar-refractivity contribution is 7.91. The number of anilines is 3. The minimum Gasteiger partial charge on any atom is -0.368 e. The number of nitrogens with two attached hydrogens (primary N) is 1. The molecule has 8 nitrogen and oxygen atoms in total. The number of piperidine rings is 1. The normalized spacial score (nSPS) is 15.4. The Hall–Kier alpha value is -2.83. The maximum absolute atomic E-state index is 13.9. The Labute approximate surface area is 199 Å². The van der Waals surface area contributed by atoms with Crippen molar-refractivity contribution >= 4 is 39.0 Å². The summed E-state index contributed by atoms with van der Waals surface area (Å²) in [6, 6.07) is 7.52. The van der Waals surface area contributed by atoms with Gasteiger partial charge < -0.3 is 16.4 Å². The lowest BCUT2D eigenvalue weighted by Crippen LogP contribution is -2.31. The van der Waals surface area contributed by atoms with Gasteiger partial charge in [-0.2, -0.15) is 18.2 Å². The molecule has 1 aliphatic rings. The average Bonchev–Trinajstić information content (AvgIpc) is 3.18. The van der Waals surface area contributed by atoms with Crippen LogP contribution in [-0.2, 0) is 16.0 Å². The molecule has 34 heavy (non-hydrogen) atoms. The molecular weight excluding hydrogens is 493 g/mol. The van der Waals surface area contributed by atoms with E-state index in [4.69, 9.17) is 17.3 Å². The third kappa shape index (κ3) is 5.45. The molecular formula is C21H22ClF3N6O2S. The highest BCUT2D eigenvalue weighted by atomic mass is 35.5. The van der Waals surface area contributed by atoms with Crippen LogP contribution in [0.5, 0.6) is 0 Å². The summed E-state index contributed by atoms with van der Waals surface area (Å²) in [5.74, 6) is 0.0418. The number of benzene rings is 2. The smallest absolute Gasteiger partial charge is 0.368 e. The number of nitrogens with zero attached hydrogens (tertiary/aromatic N) is 2. The first kappa shape index (κ1) is 24.3. The molecule has 1 aromatic heterocycles. The topological polar surface area (TPSA) is 126 Å². The van der Waals surface area contributed by atoms with Crippen LogP contribution in [0.25, 0.3) is 11.1 Å². The second-order valence-corrected chi connectivity index (χ2v) is 10.5. The number of H-pyrrole nitrogens is 1. The van der Waals surface area contributed by atoms with Gasteiger partial charge in [0.25, 0.3) is 0 Å². The molecule has 0 atom stereocenters. The number of sulfone groups is 1. The van der Waals surface area contributed by atoms with E-state index in [9.17, 15) is 21.6 Å². The predicted octanol–water partition coefficient (Wildman–Crippen LogP) is 4.24. The molecule has 5 N–H and O–H groups in total. The Morgan fingerprint density at radius 3 is 2.41 bits per heavy atom. The number of hydrogen-bond acceptors (Lipinski definition) is 7. The monoisotopic (exact) mass is 514 g/mol. The zero-order chi connectivity index (χ0) is 24.5. The average molecular weight is 515 g/mol. The molecule has 13 heteroatoms. The maximum Gasteiger partial charge on any atom is 0.417 e. The summed E-state index contributed by atoms with van der Waals surface area (Å²) in [4.78, 5) is 3.87. The molecule has 182 valence electrons. The third-order valence-corrected chi connectivity index (χ3v) is 7.77. The van der Waals surface area contributed by atoms with Crippen molar-refractivity contribution in [3.05, 3.63) is 47.0 Å². The van der Waals surface area contributed by atoms with Crippen LogP contribution in [0.3, 0.4) is 0 Å². The zero-order valence-corrected chi connectivity index (χ0v) is 19.4. The van der Waals surface area contributed by atoms with Crippen molar-refractivity contribution in [3.63, 3.8) is 0 Å². The molecule has 0 unspecified atom stereocenters. The fourth-order valence-corrected chi connectivity index (χ4v) is 5.96. The molecule has 2 heterocycles. The fourth-order valence-electron chi connectivity index (χ4n) is 3.94. The van der Waals surface area contributed by atoms with E-state index in [0.717, 1.165) is 32.0 Å². The van der Waals surface area contributed by atoms with E-state index in [-0.39, 0.29) is 50.3 Å². The van der Waals surface area contributed by atoms with Gasteiger partial charge in [-0.25, -0.2) is 13.5 Å². The van der Waals surface area contributed by atoms with Crippen molar-refractivity contribution in [2.75, 3.05) is 29.9 Å².